The van der Waals surface area contributed by atoms with Gasteiger partial charge in [-0.2, -0.15) is 0 Å². The molecule has 0 radical (unpaired) electrons. The SMILES string of the molecule is COCCCN1C(=O)C(=O)/C(=C(/O)c2ccc(Cl)cc2)[C@H]1c1ccccc1F. The van der Waals surface area contributed by atoms with Gasteiger partial charge in [0.1, 0.15) is 11.6 Å². The Morgan fingerprint density at radius 1 is 1.18 bits per heavy atom. The molecule has 1 atom stereocenters. The molecule has 1 N–H and O–H groups in total. The topological polar surface area (TPSA) is 66.8 Å². The molecule has 7 heteroatoms. The summed E-state index contributed by atoms with van der Waals surface area (Å²) in [5, 5.41) is 11.3. The van der Waals surface area contributed by atoms with Crippen molar-refractivity contribution >= 4 is 29.1 Å². The molecule has 0 unspecified atom stereocenters. The molecule has 0 bridgehead atoms. The normalized spacial score (nSPS) is 18.7. The summed E-state index contributed by atoms with van der Waals surface area (Å²) in [4.78, 5) is 26.7. The number of carbonyl (C=O) groups excluding carboxylic acids is 2. The molecule has 1 aliphatic rings. The van der Waals surface area contributed by atoms with Crippen LogP contribution in [0, 0.1) is 5.82 Å². The van der Waals surface area contributed by atoms with Crippen molar-refractivity contribution in [2.75, 3.05) is 20.3 Å². The Labute approximate surface area is 167 Å². The van der Waals surface area contributed by atoms with Crippen LogP contribution in [0.1, 0.15) is 23.6 Å². The lowest BCUT2D eigenvalue weighted by Gasteiger charge is -2.25. The van der Waals surface area contributed by atoms with Gasteiger partial charge in [-0.05, 0) is 36.8 Å². The van der Waals surface area contributed by atoms with Gasteiger partial charge in [-0.3, -0.25) is 9.59 Å². The van der Waals surface area contributed by atoms with Gasteiger partial charge in [-0.1, -0.05) is 29.8 Å². The molecule has 1 heterocycles. The van der Waals surface area contributed by atoms with Gasteiger partial charge in [-0.25, -0.2) is 4.39 Å². The van der Waals surface area contributed by atoms with Crippen molar-refractivity contribution in [1.29, 1.82) is 0 Å². The number of likely N-dealkylation sites (tertiary alicyclic amines) is 1. The predicted molar refractivity (Wildman–Crippen MR) is 103 cm³/mol. The number of nitrogens with zero attached hydrogens (tertiary/aromatic N) is 1. The van der Waals surface area contributed by atoms with Gasteiger partial charge in [-0.15, -0.1) is 0 Å². The Kier molecular flexibility index (Phi) is 6.11. The van der Waals surface area contributed by atoms with Crippen LogP contribution in [0.15, 0.2) is 54.1 Å². The summed E-state index contributed by atoms with van der Waals surface area (Å²) in [6.07, 6.45) is 0.468. The Bertz CT molecular complexity index is 926. The van der Waals surface area contributed by atoms with E-state index in [9.17, 15) is 19.1 Å². The van der Waals surface area contributed by atoms with Crippen molar-refractivity contribution in [3.8, 4) is 0 Å². The van der Waals surface area contributed by atoms with Crippen molar-refractivity contribution in [2.45, 2.75) is 12.5 Å². The van der Waals surface area contributed by atoms with E-state index in [1.54, 1.807) is 18.2 Å². The van der Waals surface area contributed by atoms with E-state index in [1.807, 2.05) is 0 Å². The standard InChI is InChI=1S/C21H19ClFNO4/c1-28-12-4-11-24-18(15-5-2-3-6-16(15)23)17(20(26)21(24)27)19(25)13-7-9-14(22)10-8-13/h2-3,5-10,18,25H,4,11-12H2,1H3/b19-17+/t18-/m1/s1. The van der Waals surface area contributed by atoms with E-state index in [0.717, 1.165) is 0 Å². The summed E-state index contributed by atoms with van der Waals surface area (Å²) in [6.45, 7) is 0.568. The van der Waals surface area contributed by atoms with E-state index in [1.165, 1.54) is 42.3 Å². The van der Waals surface area contributed by atoms with Crippen molar-refractivity contribution in [1.82, 2.24) is 4.90 Å². The number of benzene rings is 2. The van der Waals surface area contributed by atoms with E-state index >= 15 is 0 Å². The Hall–Kier alpha value is -2.70. The van der Waals surface area contributed by atoms with E-state index in [2.05, 4.69) is 0 Å². The number of aliphatic hydroxyl groups excluding tert-OH is 1. The molecule has 2 aromatic rings. The summed E-state index contributed by atoms with van der Waals surface area (Å²) in [5.41, 5.74) is 0.324. The molecule has 146 valence electrons. The monoisotopic (exact) mass is 403 g/mol. The highest BCUT2D eigenvalue weighted by Gasteiger charge is 2.46. The second-order valence-corrected chi connectivity index (χ2v) is 6.80. The highest BCUT2D eigenvalue weighted by atomic mass is 35.5. The fourth-order valence-corrected chi connectivity index (χ4v) is 3.40. The largest absolute Gasteiger partial charge is 0.507 e. The number of hydrogen-bond donors (Lipinski definition) is 1. The Morgan fingerprint density at radius 2 is 1.86 bits per heavy atom. The zero-order chi connectivity index (χ0) is 20.3. The lowest BCUT2D eigenvalue weighted by atomic mass is 9.95. The maximum absolute atomic E-state index is 14.6. The molecule has 1 aliphatic heterocycles. The summed E-state index contributed by atoms with van der Waals surface area (Å²) in [7, 11) is 1.53. The number of carbonyl (C=O) groups is 2. The van der Waals surface area contributed by atoms with Crippen LogP contribution in [0.5, 0.6) is 0 Å². The summed E-state index contributed by atoms with van der Waals surface area (Å²) in [6, 6.07) is 11.1. The van der Waals surface area contributed by atoms with Crippen LogP contribution in [0.3, 0.4) is 0 Å². The zero-order valence-corrected chi connectivity index (χ0v) is 15.9. The minimum Gasteiger partial charge on any atom is -0.507 e. The molecule has 28 heavy (non-hydrogen) atoms. The van der Waals surface area contributed by atoms with E-state index in [-0.39, 0.29) is 23.4 Å². The van der Waals surface area contributed by atoms with Crippen LogP contribution in [-0.2, 0) is 14.3 Å². The molecule has 1 saturated heterocycles. The number of methoxy groups -OCH3 is 1. The van der Waals surface area contributed by atoms with Crippen LogP contribution in [0.25, 0.3) is 5.76 Å². The molecule has 5 nitrogen and oxygen atoms in total. The quantitative estimate of drug-likeness (QED) is 0.343. The number of hydrogen-bond acceptors (Lipinski definition) is 4. The number of ether oxygens (including phenoxy) is 1. The lowest BCUT2D eigenvalue weighted by molar-refractivity contribution is -0.140. The lowest BCUT2D eigenvalue weighted by Crippen LogP contribution is -2.31. The van der Waals surface area contributed by atoms with Gasteiger partial charge < -0.3 is 14.7 Å². The average Bonchev–Trinajstić information content (AvgIpc) is 2.93. The second kappa shape index (κ2) is 8.54. The van der Waals surface area contributed by atoms with E-state index < -0.39 is 23.5 Å². The first-order valence-electron chi connectivity index (χ1n) is 8.73. The number of halogens is 2. The Balaban J connectivity index is 2.14. The van der Waals surface area contributed by atoms with Crippen LogP contribution in [0.2, 0.25) is 5.02 Å². The molecule has 0 saturated carbocycles. The third kappa shape index (κ3) is 3.79. The van der Waals surface area contributed by atoms with Gasteiger partial charge >= 0.3 is 0 Å². The highest BCUT2D eigenvalue weighted by molar-refractivity contribution is 6.46. The number of ketones is 1. The Morgan fingerprint density at radius 3 is 2.50 bits per heavy atom. The molecule has 0 aromatic heterocycles. The van der Waals surface area contributed by atoms with Gasteiger partial charge in [0, 0.05) is 36.4 Å². The van der Waals surface area contributed by atoms with Crippen molar-refractivity contribution in [3.05, 3.63) is 76.1 Å². The number of Topliss-reactive ketones (excluding diaryl/α,β-unsaturated/α-hetero) is 1. The third-order valence-corrected chi connectivity index (χ3v) is 4.86. The first-order valence-corrected chi connectivity index (χ1v) is 9.11. The van der Waals surface area contributed by atoms with Gasteiger partial charge in [0.15, 0.2) is 0 Å². The minimum absolute atomic E-state index is 0.144. The zero-order valence-electron chi connectivity index (χ0n) is 15.2. The highest BCUT2D eigenvalue weighted by Crippen LogP contribution is 2.40. The fraction of sp³-hybridized carbons (Fsp3) is 0.238. The van der Waals surface area contributed by atoms with Crippen LogP contribution < -0.4 is 0 Å². The van der Waals surface area contributed by atoms with E-state index in [4.69, 9.17) is 16.3 Å². The number of aliphatic hydroxyl groups is 1. The molecule has 0 aliphatic carbocycles. The summed E-state index contributed by atoms with van der Waals surface area (Å²) < 4.78 is 19.6. The van der Waals surface area contributed by atoms with Crippen molar-refractivity contribution < 1.29 is 23.8 Å². The van der Waals surface area contributed by atoms with Gasteiger partial charge in [0.25, 0.3) is 11.7 Å². The smallest absolute Gasteiger partial charge is 0.295 e. The van der Waals surface area contributed by atoms with E-state index in [0.29, 0.717) is 23.6 Å². The number of rotatable bonds is 6. The first-order chi connectivity index (χ1) is 13.5. The maximum Gasteiger partial charge on any atom is 0.295 e. The van der Waals surface area contributed by atoms with Crippen LogP contribution in [-0.4, -0.2) is 42.0 Å². The molecule has 3 rings (SSSR count). The van der Waals surface area contributed by atoms with Crippen LogP contribution in [0.4, 0.5) is 4.39 Å². The third-order valence-electron chi connectivity index (χ3n) is 4.60. The average molecular weight is 404 g/mol. The van der Waals surface area contributed by atoms with Crippen molar-refractivity contribution in [3.63, 3.8) is 0 Å². The van der Waals surface area contributed by atoms with Crippen LogP contribution >= 0.6 is 11.6 Å². The molecular formula is C21H19ClFNO4. The molecular weight excluding hydrogens is 385 g/mol. The summed E-state index contributed by atoms with van der Waals surface area (Å²) in [5.74, 6) is -2.55. The number of amides is 1. The van der Waals surface area contributed by atoms with Gasteiger partial charge in [0.2, 0.25) is 0 Å². The summed E-state index contributed by atoms with van der Waals surface area (Å²) >= 11 is 5.88. The molecule has 1 amide bonds. The van der Waals surface area contributed by atoms with Gasteiger partial charge in [0.05, 0.1) is 11.6 Å². The predicted octanol–water partition coefficient (Wildman–Crippen LogP) is 3.94. The van der Waals surface area contributed by atoms with Crippen molar-refractivity contribution in [2.24, 2.45) is 0 Å². The maximum atomic E-state index is 14.6. The first kappa shape index (κ1) is 20.0. The molecule has 0 spiro atoms. The second-order valence-electron chi connectivity index (χ2n) is 6.37. The molecule has 1 fully saturated rings. The fourth-order valence-electron chi connectivity index (χ4n) is 3.27. The minimum atomic E-state index is -1.02. The molecule has 2 aromatic carbocycles.